The molecule has 2 aliphatic rings. The fraction of sp³-hybridized carbons (Fsp3) is 0.818. The standard InChI is InChI=1S/C11H18N4/c12-8-5-6-11-10(7-8)13-14-15(11)9-3-1-2-4-9/h8-9H,1-7,12H2. The van der Waals surface area contributed by atoms with Gasteiger partial charge in [0.15, 0.2) is 0 Å². The topological polar surface area (TPSA) is 56.7 Å². The van der Waals surface area contributed by atoms with Crippen molar-refractivity contribution >= 4 is 0 Å². The predicted octanol–water partition coefficient (Wildman–Crippen LogP) is 1.21. The number of fused-ring (bicyclic) bond motifs is 1. The van der Waals surface area contributed by atoms with Crippen molar-refractivity contribution in [2.45, 2.75) is 57.0 Å². The Balaban J connectivity index is 1.90. The zero-order valence-electron chi connectivity index (χ0n) is 9.02. The summed E-state index contributed by atoms with van der Waals surface area (Å²) in [6, 6.07) is 0.918. The quantitative estimate of drug-likeness (QED) is 0.751. The van der Waals surface area contributed by atoms with Gasteiger partial charge < -0.3 is 5.73 Å². The Hall–Kier alpha value is -0.900. The van der Waals surface area contributed by atoms with E-state index in [9.17, 15) is 0 Å². The second-order valence-electron chi connectivity index (χ2n) is 4.87. The molecular weight excluding hydrogens is 188 g/mol. The highest BCUT2D eigenvalue weighted by Crippen LogP contribution is 2.31. The lowest BCUT2D eigenvalue weighted by atomic mass is 9.96. The van der Waals surface area contributed by atoms with E-state index in [2.05, 4.69) is 15.0 Å². The number of nitrogens with two attached hydrogens (primary N) is 1. The highest BCUT2D eigenvalue weighted by Gasteiger charge is 2.26. The molecule has 1 aromatic heterocycles. The van der Waals surface area contributed by atoms with Gasteiger partial charge in [-0.1, -0.05) is 18.1 Å². The van der Waals surface area contributed by atoms with Crippen molar-refractivity contribution in [1.82, 2.24) is 15.0 Å². The van der Waals surface area contributed by atoms with Crippen molar-refractivity contribution in [3.05, 3.63) is 11.4 Å². The van der Waals surface area contributed by atoms with Crippen LogP contribution in [-0.4, -0.2) is 21.0 Å². The molecule has 0 saturated heterocycles. The molecule has 1 saturated carbocycles. The van der Waals surface area contributed by atoms with E-state index < -0.39 is 0 Å². The third-order valence-electron chi connectivity index (χ3n) is 3.75. The number of nitrogens with zero attached hydrogens (tertiary/aromatic N) is 3. The number of hydrogen-bond acceptors (Lipinski definition) is 3. The molecule has 4 heteroatoms. The van der Waals surface area contributed by atoms with Gasteiger partial charge in [0.05, 0.1) is 17.4 Å². The van der Waals surface area contributed by atoms with Gasteiger partial charge in [0.2, 0.25) is 0 Å². The molecule has 1 atom stereocenters. The predicted molar refractivity (Wildman–Crippen MR) is 57.5 cm³/mol. The van der Waals surface area contributed by atoms with Crippen molar-refractivity contribution < 1.29 is 0 Å². The molecule has 1 aromatic rings. The summed E-state index contributed by atoms with van der Waals surface area (Å²) in [5.74, 6) is 0. The maximum atomic E-state index is 5.94. The lowest BCUT2D eigenvalue weighted by Crippen LogP contribution is -2.29. The maximum Gasteiger partial charge on any atom is 0.0874 e. The average molecular weight is 206 g/mol. The molecule has 1 unspecified atom stereocenters. The molecule has 0 bridgehead atoms. The lowest BCUT2D eigenvalue weighted by molar-refractivity contribution is 0.429. The van der Waals surface area contributed by atoms with Crippen LogP contribution in [0.1, 0.15) is 49.5 Å². The molecule has 0 amide bonds. The maximum absolute atomic E-state index is 5.94. The van der Waals surface area contributed by atoms with E-state index in [1.165, 1.54) is 31.4 Å². The van der Waals surface area contributed by atoms with E-state index >= 15 is 0 Å². The van der Waals surface area contributed by atoms with Gasteiger partial charge in [-0.3, -0.25) is 0 Å². The summed E-state index contributed by atoms with van der Waals surface area (Å²) < 4.78 is 2.19. The van der Waals surface area contributed by atoms with Gasteiger partial charge in [-0.05, 0) is 25.7 Å². The van der Waals surface area contributed by atoms with Gasteiger partial charge in [-0.2, -0.15) is 0 Å². The monoisotopic (exact) mass is 206 g/mol. The van der Waals surface area contributed by atoms with Crippen LogP contribution in [0.15, 0.2) is 0 Å². The average Bonchev–Trinajstić information content (AvgIpc) is 2.82. The summed E-state index contributed by atoms with van der Waals surface area (Å²) in [6.07, 6.45) is 8.33. The summed E-state index contributed by atoms with van der Waals surface area (Å²) in [5, 5.41) is 8.61. The zero-order valence-corrected chi connectivity index (χ0v) is 9.02. The van der Waals surface area contributed by atoms with Crippen LogP contribution in [0.3, 0.4) is 0 Å². The first-order valence-corrected chi connectivity index (χ1v) is 6.03. The first kappa shape index (κ1) is 9.33. The minimum absolute atomic E-state index is 0.297. The van der Waals surface area contributed by atoms with Gasteiger partial charge in [-0.15, -0.1) is 5.10 Å². The molecule has 1 fully saturated rings. The molecule has 0 radical (unpaired) electrons. The van der Waals surface area contributed by atoms with Gasteiger partial charge in [0.1, 0.15) is 0 Å². The third kappa shape index (κ3) is 1.57. The molecule has 1 heterocycles. The Morgan fingerprint density at radius 3 is 2.80 bits per heavy atom. The van der Waals surface area contributed by atoms with Crippen LogP contribution in [0.4, 0.5) is 0 Å². The van der Waals surface area contributed by atoms with Crippen LogP contribution in [0.2, 0.25) is 0 Å². The van der Waals surface area contributed by atoms with Crippen molar-refractivity contribution in [3.8, 4) is 0 Å². The van der Waals surface area contributed by atoms with Crippen LogP contribution in [0, 0.1) is 0 Å². The number of rotatable bonds is 1. The molecule has 0 aliphatic heterocycles. The minimum atomic E-state index is 0.297. The van der Waals surface area contributed by atoms with Crippen LogP contribution < -0.4 is 5.73 Å². The Bertz CT molecular complexity index is 351. The summed E-state index contributed by atoms with van der Waals surface area (Å²) in [5.41, 5.74) is 8.45. The molecule has 15 heavy (non-hydrogen) atoms. The first-order chi connectivity index (χ1) is 7.34. The summed E-state index contributed by atoms with van der Waals surface area (Å²) in [4.78, 5) is 0. The molecule has 4 nitrogen and oxygen atoms in total. The Labute approximate surface area is 89.8 Å². The molecular formula is C11H18N4. The highest BCUT2D eigenvalue weighted by molar-refractivity contribution is 5.16. The van der Waals surface area contributed by atoms with Crippen LogP contribution in [-0.2, 0) is 12.8 Å². The second kappa shape index (κ2) is 3.59. The second-order valence-corrected chi connectivity index (χ2v) is 4.87. The van der Waals surface area contributed by atoms with Crippen LogP contribution >= 0.6 is 0 Å². The molecule has 2 aliphatic carbocycles. The highest BCUT2D eigenvalue weighted by atomic mass is 15.4. The summed E-state index contributed by atoms with van der Waals surface area (Å²) >= 11 is 0. The van der Waals surface area contributed by atoms with Crippen molar-refractivity contribution in [3.63, 3.8) is 0 Å². The van der Waals surface area contributed by atoms with E-state index in [4.69, 9.17) is 5.73 Å². The molecule has 0 spiro atoms. The molecule has 2 N–H and O–H groups in total. The lowest BCUT2D eigenvalue weighted by Gasteiger charge is -2.20. The number of hydrogen-bond donors (Lipinski definition) is 1. The Morgan fingerprint density at radius 2 is 2.00 bits per heavy atom. The fourth-order valence-corrected chi connectivity index (χ4v) is 2.88. The number of aromatic nitrogens is 3. The normalized spacial score (nSPS) is 26.9. The molecule has 0 aromatic carbocycles. The minimum Gasteiger partial charge on any atom is -0.327 e. The van der Waals surface area contributed by atoms with Gasteiger partial charge in [-0.25, -0.2) is 4.68 Å². The zero-order chi connectivity index (χ0) is 10.3. The summed E-state index contributed by atoms with van der Waals surface area (Å²) in [7, 11) is 0. The van der Waals surface area contributed by atoms with Crippen molar-refractivity contribution in [1.29, 1.82) is 0 Å². The SMILES string of the molecule is NC1CCc2c(nnn2C2CCCC2)C1. The molecule has 3 rings (SSSR count). The van der Waals surface area contributed by atoms with Gasteiger partial charge in [0.25, 0.3) is 0 Å². The molecule has 82 valence electrons. The van der Waals surface area contributed by atoms with Gasteiger partial charge in [0, 0.05) is 12.5 Å². The summed E-state index contributed by atoms with van der Waals surface area (Å²) in [6.45, 7) is 0. The van der Waals surface area contributed by atoms with E-state index in [-0.39, 0.29) is 0 Å². The Kier molecular flexibility index (Phi) is 2.24. The Morgan fingerprint density at radius 1 is 1.20 bits per heavy atom. The van der Waals surface area contributed by atoms with Gasteiger partial charge >= 0.3 is 0 Å². The first-order valence-electron chi connectivity index (χ1n) is 6.03. The van der Waals surface area contributed by atoms with Crippen molar-refractivity contribution in [2.24, 2.45) is 5.73 Å². The van der Waals surface area contributed by atoms with E-state index in [1.807, 2.05) is 0 Å². The van der Waals surface area contributed by atoms with E-state index in [0.29, 0.717) is 12.1 Å². The smallest absolute Gasteiger partial charge is 0.0874 e. The van der Waals surface area contributed by atoms with Crippen LogP contribution in [0.5, 0.6) is 0 Å². The largest absolute Gasteiger partial charge is 0.327 e. The third-order valence-corrected chi connectivity index (χ3v) is 3.75. The van der Waals surface area contributed by atoms with E-state index in [0.717, 1.165) is 25.0 Å². The fourth-order valence-electron chi connectivity index (χ4n) is 2.88. The van der Waals surface area contributed by atoms with E-state index in [1.54, 1.807) is 0 Å². The van der Waals surface area contributed by atoms with Crippen molar-refractivity contribution in [2.75, 3.05) is 0 Å². The van der Waals surface area contributed by atoms with Crippen LogP contribution in [0.25, 0.3) is 0 Å².